The van der Waals surface area contributed by atoms with Crippen LogP contribution in [-0.2, 0) is 14.6 Å². The second kappa shape index (κ2) is 10.9. The van der Waals surface area contributed by atoms with Crippen LogP contribution in [0.5, 0.6) is 5.75 Å². The Morgan fingerprint density at radius 3 is 2.60 bits per heavy atom. The molecule has 1 saturated heterocycles. The van der Waals surface area contributed by atoms with Crippen molar-refractivity contribution < 1.29 is 22.7 Å². The number of methoxy groups -OCH3 is 1. The van der Waals surface area contributed by atoms with E-state index in [1.54, 1.807) is 24.3 Å². The molecule has 1 saturated carbocycles. The molecule has 1 amide bonds. The Hall–Kier alpha value is -2.79. The number of aromatic nitrogens is 2. The summed E-state index contributed by atoms with van der Waals surface area (Å²) in [6, 6.07) is 6.39. The number of benzene rings is 1. The lowest BCUT2D eigenvalue weighted by Crippen LogP contribution is -2.40. The first-order valence-corrected chi connectivity index (χ1v) is 13.6. The number of aromatic amines is 1. The number of amides is 1. The molecule has 190 valence electrons. The zero-order valence-corrected chi connectivity index (χ0v) is 21.0. The molecule has 1 aromatic carbocycles. The summed E-state index contributed by atoms with van der Waals surface area (Å²) in [5, 5.41) is 9.04. The first-order chi connectivity index (χ1) is 16.7. The number of nitrogens with zero attached hydrogens (tertiary/aromatic N) is 2. The molecular weight excluding hydrogens is 496 g/mol. The van der Waals surface area contributed by atoms with Gasteiger partial charge in [0.15, 0.2) is 9.84 Å². The summed E-state index contributed by atoms with van der Waals surface area (Å²) >= 11 is 6.07. The normalized spacial score (nSPS) is 22.6. The van der Waals surface area contributed by atoms with Crippen LogP contribution in [0.25, 0.3) is 0 Å². The monoisotopic (exact) mass is 524 g/mol. The minimum absolute atomic E-state index is 0.0481. The summed E-state index contributed by atoms with van der Waals surface area (Å²) in [6.45, 7) is 1.02. The molecule has 12 heteroatoms. The van der Waals surface area contributed by atoms with E-state index in [0.717, 1.165) is 0 Å². The zero-order valence-electron chi connectivity index (χ0n) is 19.4. The number of sulfone groups is 1. The van der Waals surface area contributed by atoms with Gasteiger partial charge in [0.2, 0.25) is 0 Å². The van der Waals surface area contributed by atoms with Gasteiger partial charge in [0.05, 0.1) is 36.2 Å². The number of rotatable bonds is 7. The van der Waals surface area contributed by atoms with Crippen molar-refractivity contribution in [2.75, 3.05) is 30.9 Å². The fraction of sp³-hybridized carbons (Fsp3) is 0.522. The summed E-state index contributed by atoms with van der Waals surface area (Å²) in [5.41, 5.74) is 0.0588. The van der Waals surface area contributed by atoms with Gasteiger partial charge in [-0.2, -0.15) is 5.10 Å². The van der Waals surface area contributed by atoms with Crippen molar-refractivity contribution in [1.29, 1.82) is 0 Å². The van der Waals surface area contributed by atoms with E-state index in [4.69, 9.17) is 21.1 Å². The Bertz CT molecular complexity index is 1200. The number of alkyl carbamates (subject to hydrolysis) is 1. The Balaban J connectivity index is 1.21. The van der Waals surface area contributed by atoms with Crippen LogP contribution in [-0.4, -0.2) is 62.8 Å². The molecule has 0 radical (unpaired) electrons. The molecule has 2 N–H and O–H groups in total. The number of anilines is 1. The summed E-state index contributed by atoms with van der Waals surface area (Å²) in [7, 11) is -1.85. The Morgan fingerprint density at radius 2 is 1.91 bits per heavy atom. The van der Waals surface area contributed by atoms with Crippen LogP contribution >= 0.6 is 11.6 Å². The molecular formula is C23H29ClN4O6S. The van der Waals surface area contributed by atoms with Crippen molar-refractivity contribution in [3.63, 3.8) is 0 Å². The highest BCUT2D eigenvalue weighted by Gasteiger charge is 2.30. The van der Waals surface area contributed by atoms with E-state index in [2.05, 4.69) is 15.5 Å². The largest absolute Gasteiger partial charge is 0.497 e. The third-order valence-electron chi connectivity index (χ3n) is 6.58. The van der Waals surface area contributed by atoms with Crippen LogP contribution < -0.4 is 20.5 Å². The topological polar surface area (TPSA) is 131 Å². The van der Waals surface area contributed by atoms with Crippen molar-refractivity contribution in [3.05, 3.63) is 45.8 Å². The van der Waals surface area contributed by atoms with Gasteiger partial charge in [0.25, 0.3) is 5.56 Å². The maximum Gasteiger partial charge on any atom is 0.407 e. The number of hydrogen-bond acceptors (Lipinski definition) is 8. The first kappa shape index (κ1) is 25.3. The number of H-pyrrole nitrogens is 1. The van der Waals surface area contributed by atoms with E-state index >= 15 is 0 Å². The zero-order chi connectivity index (χ0) is 25.0. The first-order valence-electron chi connectivity index (χ1n) is 11.6. The highest BCUT2D eigenvalue weighted by Crippen LogP contribution is 2.29. The molecule has 2 aromatic rings. The Kier molecular flexibility index (Phi) is 7.85. The van der Waals surface area contributed by atoms with Crippen molar-refractivity contribution in [2.45, 2.75) is 49.1 Å². The summed E-state index contributed by atoms with van der Waals surface area (Å²) in [5.74, 6) is 0.754. The van der Waals surface area contributed by atoms with Crippen molar-refractivity contribution in [1.82, 2.24) is 15.5 Å². The fourth-order valence-electron chi connectivity index (χ4n) is 4.65. The van der Waals surface area contributed by atoms with Gasteiger partial charge in [0.1, 0.15) is 16.9 Å². The van der Waals surface area contributed by atoms with E-state index in [1.165, 1.54) is 13.3 Å². The molecule has 35 heavy (non-hydrogen) atoms. The van der Waals surface area contributed by atoms with E-state index in [0.29, 0.717) is 61.5 Å². The van der Waals surface area contributed by atoms with Gasteiger partial charge in [-0.3, -0.25) is 4.79 Å². The minimum Gasteiger partial charge on any atom is -0.497 e. The number of hydrogen-bond donors (Lipinski definition) is 2. The highest BCUT2D eigenvalue weighted by molar-refractivity contribution is 7.91. The molecule has 2 aliphatic rings. The second-order valence-corrected chi connectivity index (χ2v) is 11.4. The van der Waals surface area contributed by atoms with Gasteiger partial charge < -0.3 is 19.7 Å². The number of carbonyl (C=O) groups is 1. The van der Waals surface area contributed by atoms with Crippen LogP contribution in [0.1, 0.15) is 32.1 Å². The second-order valence-electron chi connectivity index (χ2n) is 8.98. The average Bonchev–Trinajstić information content (AvgIpc) is 3.30. The summed E-state index contributed by atoms with van der Waals surface area (Å²) in [6.07, 6.45) is 4.12. The SMILES string of the molecule is COc1ccc(S(=O)(=O)CC2CCC(NC(=O)O[C@@H]3CCN(c4cn[nH]c(=O)c4Cl)C3)CC2)cc1. The summed E-state index contributed by atoms with van der Waals surface area (Å²) in [4.78, 5) is 26.3. The van der Waals surface area contributed by atoms with Crippen LogP contribution in [0, 0.1) is 5.92 Å². The van der Waals surface area contributed by atoms with Gasteiger partial charge in [-0.1, -0.05) is 11.6 Å². The molecule has 10 nitrogen and oxygen atoms in total. The number of carbonyl (C=O) groups excluding carboxylic acids is 1. The van der Waals surface area contributed by atoms with Crippen LogP contribution in [0.3, 0.4) is 0 Å². The van der Waals surface area contributed by atoms with E-state index < -0.39 is 21.5 Å². The van der Waals surface area contributed by atoms with E-state index in [-0.39, 0.29) is 28.8 Å². The Labute approximate surface area is 208 Å². The van der Waals surface area contributed by atoms with Crippen molar-refractivity contribution >= 4 is 33.2 Å². The Morgan fingerprint density at radius 1 is 1.20 bits per heavy atom. The molecule has 1 aromatic heterocycles. The molecule has 1 aliphatic heterocycles. The van der Waals surface area contributed by atoms with Crippen LogP contribution in [0.15, 0.2) is 40.2 Å². The molecule has 0 bridgehead atoms. The van der Waals surface area contributed by atoms with Gasteiger partial charge in [-0.15, -0.1) is 0 Å². The number of ether oxygens (including phenoxy) is 2. The maximum absolute atomic E-state index is 12.8. The predicted octanol–water partition coefficient (Wildman–Crippen LogP) is 2.77. The highest BCUT2D eigenvalue weighted by atomic mass is 35.5. The van der Waals surface area contributed by atoms with E-state index in [9.17, 15) is 18.0 Å². The molecule has 4 rings (SSSR count). The third kappa shape index (κ3) is 6.26. The lowest BCUT2D eigenvalue weighted by atomic mass is 9.87. The number of halogens is 1. The fourth-order valence-corrected chi connectivity index (χ4v) is 6.56. The molecule has 1 aliphatic carbocycles. The molecule has 2 fully saturated rings. The van der Waals surface area contributed by atoms with Gasteiger partial charge in [-0.25, -0.2) is 18.3 Å². The molecule has 0 spiro atoms. The molecule has 0 unspecified atom stereocenters. The van der Waals surface area contributed by atoms with Crippen LogP contribution in [0.2, 0.25) is 5.02 Å². The standard InChI is InChI=1S/C23H29ClN4O6S/c1-33-17-6-8-19(9-7-17)35(31,32)14-15-2-4-16(5-3-15)26-23(30)34-18-10-11-28(13-18)20-12-25-27-22(29)21(20)24/h6-9,12,15-16,18H,2-5,10-11,13-14H2,1H3,(H,26,30)(H,27,29)/t15?,16?,18-/m1/s1. The lowest BCUT2D eigenvalue weighted by molar-refractivity contribution is 0.102. The maximum atomic E-state index is 12.8. The third-order valence-corrected chi connectivity index (χ3v) is 8.84. The predicted molar refractivity (Wildman–Crippen MR) is 131 cm³/mol. The average molecular weight is 525 g/mol. The molecule has 1 atom stereocenters. The minimum atomic E-state index is -3.38. The van der Waals surface area contributed by atoms with Crippen LogP contribution in [0.4, 0.5) is 10.5 Å². The van der Waals surface area contributed by atoms with Gasteiger partial charge >= 0.3 is 6.09 Å². The van der Waals surface area contributed by atoms with E-state index in [1.807, 2.05) is 4.90 Å². The van der Waals surface area contributed by atoms with Crippen molar-refractivity contribution in [3.8, 4) is 5.75 Å². The molecule has 2 heterocycles. The lowest BCUT2D eigenvalue weighted by Gasteiger charge is -2.29. The number of nitrogens with one attached hydrogen (secondary N) is 2. The summed E-state index contributed by atoms with van der Waals surface area (Å²) < 4.78 is 36.2. The smallest absolute Gasteiger partial charge is 0.407 e. The van der Waals surface area contributed by atoms with Gasteiger partial charge in [0, 0.05) is 19.0 Å². The quantitative estimate of drug-likeness (QED) is 0.565. The van der Waals surface area contributed by atoms with Gasteiger partial charge in [-0.05, 0) is 55.9 Å². The van der Waals surface area contributed by atoms with Crippen molar-refractivity contribution in [2.24, 2.45) is 5.92 Å².